The van der Waals surface area contributed by atoms with Gasteiger partial charge in [0, 0.05) is 6.07 Å². The van der Waals surface area contributed by atoms with Crippen molar-refractivity contribution in [1.82, 2.24) is 0 Å². The highest BCUT2D eigenvalue weighted by atomic mass is 35.5. The highest BCUT2D eigenvalue weighted by Crippen LogP contribution is 2.30. The van der Waals surface area contributed by atoms with Gasteiger partial charge in [-0.3, -0.25) is 0 Å². The molecular formula is C10H10ClF4NO. The van der Waals surface area contributed by atoms with E-state index < -0.39 is 19.0 Å². The lowest BCUT2D eigenvalue weighted by Crippen LogP contribution is -2.33. The van der Waals surface area contributed by atoms with Crippen LogP contribution in [-0.2, 0) is 0 Å². The fourth-order valence-electron chi connectivity index (χ4n) is 1.08. The third-order valence-corrected chi connectivity index (χ3v) is 2.36. The molecule has 1 aromatic carbocycles. The Morgan fingerprint density at radius 3 is 2.53 bits per heavy atom. The number of nitrogens with two attached hydrogens (primary N) is 1. The van der Waals surface area contributed by atoms with Gasteiger partial charge in [-0.1, -0.05) is 11.6 Å². The summed E-state index contributed by atoms with van der Waals surface area (Å²) >= 11 is 5.66. The Morgan fingerprint density at radius 2 is 2.00 bits per heavy atom. The largest absolute Gasteiger partial charge is 0.487 e. The second-order valence-corrected chi connectivity index (χ2v) is 3.90. The number of rotatable bonds is 4. The molecule has 2 nitrogen and oxygen atoms in total. The summed E-state index contributed by atoms with van der Waals surface area (Å²) in [4.78, 5) is 0. The molecule has 1 rings (SSSR count). The standard InChI is InChI=1S/C10H10ClF4NO/c1-5-2-7(16)6(11)3-8(5)17-4-10(14,15)9(12)13/h2-3,9H,4,16H2,1H3. The van der Waals surface area contributed by atoms with Crippen LogP contribution < -0.4 is 10.5 Å². The summed E-state index contributed by atoms with van der Waals surface area (Å²) in [7, 11) is 0. The molecule has 1 aromatic rings. The summed E-state index contributed by atoms with van der Waals surface area (Å²) in [6.45, 7) is 0.133. The van der Waals surface area contributed by atoms with Gasteiger partial charge in [-0.15, -0.1) is 0 Å². The summed E-state index contributed by atoms with van der Waals surface area (Å²) in [5.74, 6) is -4.19. The molecule has 0 spiro atoms. The van der Waals surface area contributed by atoms with E-state index in [4.69, 9.17) is 17.3 Å². The number of aryl methyl sites for hydroxylation is 1. The maximum atomic E-state index is 12.6. The molecule has 0 bridgehead atoms. The molecule has 0 atom stereocenters. The average molecular weight is 272 g/mol. The van der Waals surface area contributed by atoms with Gasteiger partial charge in [0.15, 0.2) is 6.61 Å². The molecule has 0 amide bonds. The third kappa shape index (κ3) is 3.39. The Hall–Kier alpha value is -1.17. The van der Waals surface area contributed by atoms with Crippen LogP contribution in [-0.4, -0.2) is 19.0 Å². The van der Waals surface area contributed by atoms with Crippen LogP contribution in [0.1, 0.15) is 5.56 Å². The zero-order chi connectivity index (χ0) is 13.2. The molecule has 0 aromatic heterocycles. The first-order valence-corrected chi connectivity index (χ1v) is 4.96. The van der Waals surface area contributed by atoms with E-state index in [0.29, 0.717) is 5.56 Å². The predicted molar refractivity (Wildman–Crippen MR) is 57.0 cm³/mol. The molecule has 0 aliphatic rings. The Balaban J connectivity index is 2.80. The van der Waals surface area contributed by atoms with E-state index in [1.807, 2.05) is 0 Å². The summed E-state index contributed by atoms with van der Waals surface area (Å²) in [6.07, 6.45) is -3.77. The van der Waals surface area contributed by atoms with Gasteiger partial charge in [0.2, 0.25) is 0 Å². The van der Waals surface area contributed by atoms with Crippen LogP contribution in [0.5, 0.6) is 5.75 Å². The van der Waals surface area contributed by atoms with Crippen molar-refractivity contribution in [2.45, 2.75) is 19.3 Å². The average Bonchev–Trinajstić information content (AvgIpc) is 2.21. The van der Waals surface area contributed by atoms with Crippen LogP contribution in [0.4, 0.5) is 23.2 Å². The zero-order valence-electron chi connectivity index (χ0n) is 8.81. The lowest BCUT2D eigenvalue weighted by molar-refractivity contribution is -0.148. The summed E-state index contributed by atoms with van der Waals surface area (Å²) in [5.41, 5.74) is 6.17. The van der Waals surface area contributed by atoms with E-state index in [9.17, 15) is 17.6 Å². The molecule has 0 aliphatic heterocycles. The minimum atomic E-state index is -4.19. The summed E-state index contributed by atoms with van der Waals surface area (Å²) in [5, 5.41) is 0.117. The number of hydrogen-bond acceptors (Lipinski definition) is 2. The van der Waals surface area contributed by atoms with Crippen LogP contribution in [0.15, 0.2) is 12.1 Å². The minimum Gasteiger partial charge on any atom is -0.487 e. The maximum absolute atomic E-state index is 12.6. The van der Waals surface area contributed by atoms with E-state index in [1.165, 1.54) is 12.1 Å². The van der Waals surface area contributed by atoms with Crippen molar-refractivity contribution in [3.8, 4) is 5.75 Å². The van der Waals surface area contributed by atoms with Crippen LogP contribution in [0, 0.1) is 6.92 Å². The number of hydrogen-bond donors (Lipinski definition) is 1. The van der Waals surface area contributed by atoms with Gasteiger partial charge in [-0.25, -0.2) is 8.78 Å². The Kier molecular flexibility index (Phi) is 4.08. The molecule has 0 heterocycles. The predicted octanol–water partition coefficient (Wildman–Crippen LogP) is 3.51. The van der Waals surface area contributed by atoms with Crippen molar-refractivity contribution >= 4 is 17.3 Å². The Labute approximate surface area is 100 Å². The highest BCUT2D eigenvalue weighted by Gasteiger charge is 2.41. The monoisotopic (exact) mass is 271 g/mol. The SMILES string of the molecule is Cc1cc(N)c(Cl)cc1OCC(F)(F)C(F)F. The van der Waals surface area contributed by atoms with Crippen molar-refractivity contribution in [1.29, 1.82) is 0 Å². The number of alkyl halides is 4. The Morgan fingerprint density at radius 1 is 1.41 bits per heavy atom. The smallest absolute Gasteiger partial charge is 0.340 e. The minimum absolute atomic E-state index is 0.00419. The van der Waals surface area contributed by atoms with Crippen LogP contribution >= 0.6 is 11.6 Å². The summed E-state index contributed by atoms with van der Waals surface area (Å²) in [6, 6.07) is 2.63. The molecule has 7 heteroatoms. The van der Waals surface area contributed by atoms with Crippen molar-refractivity contribution in [3.05, 3.63) is 22.7 Å². The molecule has 0 aliphatic carbocycles. The van der Waals surface area contributed by atoms with Gasteiger partial charge < -0.3 is 10.5 Å². The van der Waals surface area contributed by atoms with E-state index >= 15 is 0 Å². The normalized spacial score (nSPS) is 11.9. The fraction of sp³-hybridized carbons (Fsp3) is 0.400. The molecule has 0 fully saturated rings. The van der Waals surface area contributed by atoms with E-state index in [-0.39, 0.29) is 16.5 Å². The number of ether oxygens (including phenoxy) is 1. The highest BCUT2D eigenvalue weighted by molar-refractivity contribution is 6.33. The first kappa shape index (κ1) is 13.9. The third-order valence-electron chi connectivity index (χ3n) is 2.03. The number of benzene rings is 1. The lowest BCUT2D eigenvalue weighted by atomic mass is 10.2. The van der Waals surface area contributed by atoms with Gasteiger partial charge in [-0.2, -0.15) is 8.78 Å². The molecule has 0 radical (unpaired) electrons. The molecule has 96 valence electrons. The van der Waals surface area contributed by atoms with Gasteiger partial charge in [0.1, 0.15) is 5.75 Å². The number of anilines is 1. The van der Waals surface area contributed by atoms with E-state index in [2.05, 4.69) is 4.74 Å². The van der Waals surface area contributed by atoms with Crippen molar-refractivity contribution in [3.63, 3.8) is 0 Å². The van der Waals surface area contributed by atoms with Gasteiger partial charge in [0.25, 0.3) is 0 Å². The number of nitrogen functional groups attached to an aromatic ring is 1. The van der Waals surface area contributed by atoms with Crippen molar-refractivity contribution < 1.29 is 22.3 Å². The second-order valence-electron chi connectivity index (χ2n) is 3.49. The molecule has 17 heavy (non-hydrogen) atoms. The van der Waals surface area contributed by atoms with Crippen molar-refractivity contribution in [2.24, 2.45) is 0 Å². The van der Waals surface area contributed by atoms with E-state index in [1.54, 1.807) is 6.92 Å². The summed E-state index contributed by atoms with van der Waals surface area (Å²) < 4.78 is 53.6. The fourth-order valence-corrected chi connectivity index (χ4v) is 1.23. The molecule has 2 N–H and O–H groups in total. The topological polar surface area (TPSA) is 35.2 Å². The first-order chi connectivity index (χ1) is 7.74. The van der Waals surface area contributed by atoms with Crippen LogP contribution in [0.25, 0.3) is 0 Å². The Bertz CT molecular complexity index is 412. The zero-order valence-corrected chi connectivity index (χ0v) is 9.57. The molecule has 0 saturated carbocycles. The van der Waals surface area contributed by atoms with Crippen LogP contribution in [0.3, 0.4) is 0 Å². The van der Waals surface area contributed by atoms with E-state index in [0.717, 1.165) is 0 Å². The quantitative estimate of drug-likeness (QED) is 0.672. The number of halogens is 5. The molecule has 0 unspecified atom stereocenters. The van der Waals surface area contributed by atoms with Crippen LogP contribution in [0.2, 0.25) is 5.02 Å². The second kappa shape index (κ2) is 5.00. The van der Waals surface area contributed by atoms with Gasteiger partial charge in [0.05, 0.1) is 10.7 Å². The van der Waals surface area contributed by atoms with Gasteiger partial charge >= 0.3 is 12.3 Å². The molecule has 0 saturated heterocycles. The molecular weight excluding hydrogens is 262 g/mol. The maximum Gasteiger partial charge on any atom is 0.340 e. The first-order valence-electron chi connectivity index (χ1n) is 4.58. The lowest BCUT2D eigenvalue weighted by Gasteiger charge is -2.17. The van der Waals surface area contributed by atoms with Gasteiger partial charge in [-0.05, 0) is 18.6 Å². The van der Waals surface area contributed by atoms with Crippen molar-refractivity contribution in [2.75, 3.05) is 12.3 Å².